The van der Waals surface area contributed by atoms with Gasteiger partial charge in [-0.05, 0) is 38.7 Å². The monoisotopic (exact) mass is 209 g/mol. The molecule has 1 aromatic heterocycles. The predicted octanol–water partition coefficient (Wildman–Crippen LogP) is 1.69. The molecule has 15 heavy (non-hydrogen) atoms. The van der Waals surface area contributed by atoms with E-state index in [2.05, 4.69) is 35.2 Å². The molecule has 0 radical (unpaired) electrons. The summed E-state index contributed by atoms with van der Waals surface area (Å²) in [7, 11) is 4.20. The minimum atomic E-state index is 0.745. The second-order valence-corrected chi connectivity index (χ2v) is 4.22. The predicted molar refractivity (Wildman–Crippen MR) is 64.8 cm³/mol. The van der Waals surface area contributed by atoms with Gasteiger partial charge in [-0.15, -0.1) is 0 Å². The number of nitrogens with zero attached hydrogens (tertiary/aromatic N) is 1. The molecular formula is C12H23N3. The van der Waals surface area contributed by atoms with Gasteiger partial charge >= 0.3 is 0 Å². The Morgan fingerprint density at radius 1 is 1.53 bits per heavy atom. The average molecular weight is 209 g/mol. The van der Waals surface area contributed by atoms with Crippen molar-refractivity contribution in [2.75, 3.05) is 27.2 Å². The largest absolute Gasteiger partial charge is 0.364 e. The third-order valence-electron chi connectivity index (χ3n) is 2.74. The minimum Gasteiger partial charge on any atom is -0.364 e. The lowest BCUT2D eigenvalue weighted by atomic mass is 10.1. The van der Waals surface area contributed by atoms with Crippen molar-refractivity contribution in [1.82, 2.24) is 15.2 Å². The number of aromatic nitrogens is 1. The van der Waals surface area contributed by atoms with Crippen LogP contribution in [0.2, 0.25) is 0 Å². The SMILES string of the molecule is CCC(CNC)CN(C)Cc1ccc[nH]1. The van der Waals surface area contributed by atoms with E-state index in [1.165, 1.54) is 12.1 Å². The molecule has 0 fully saturated rings. The van der Waals surface area contributed by atoms with Crippen LogP contribution in [-0.2, 0) is 6.54 Å². The van der Waals surface area contributed by atoms with Crippen LogP contribution < -0.4 is 5.32 Å². The number of nitrogens with one attached hydrogen (secondary N) is 2. The second kappa shape index (κ2) is 6.64. The zero-order chi connectivity index (χ0) is 11.1. The van der Waals surface area contributed by atoms with Crippen LogP contribution in [-0.4, -0.2) is 37.1 Å². The molecule has 3 nitrogen and oxygen atoms in total. The van der Waals surface area contributed by atoms with E-state index in [0.29, 0.717) is 0 Å². The Balaban J connectivity index is 2.30. The summed E-state index contributed by atoms with van der Waals surface area (Å²) in [6.45, 7) is 5.51. The lowest BCUT2D eigenvalue weighted by Gasteiger charge is -2.22. The first-order valence-electron chi connectivity index (χ1n) is 5.71. The van der Waals surface area contributed by atoms with Crippen LogP contribution in [0.15, 0.2) is 18.3 Å². The zero-order valence-electron chi connectivity index (χ0n) is 10.1. The maximum atomic E-state index is 3.25. The van der Waals surface area contributed by atoms with E-state index in [4.69, 9.17) is 0 Å². The van der Waals surface area contributed by atoms with Gasteiger partial charge in [0.05, 0.1) is 0 Å². The summed E-state index contributed by atoms with van der Waals surface area (Å²) in [6.07, 6.45) is 3.21. The first-order valence-corrected chi connectivity index (χ1v) is 5.71. The lowest BCUT2D eigenvalue weighted by molar-refractivity contribution is 0.259. The van der Waals surface area contributed by atoms with Gasteiger partial charge in [-0.2, -0.15) is 0 Å². The van der Waals surface area contributed by atoms with E-state index in [0.717, 1.165) is 25.6 Å². The van der Waals surface area contributed by atoms with Gasteiger partial charge in [0, 0.05) is 25.0 Å². The maximum absolute atomic E-state index is 3.25. The maximum Gasteiger partial charge on any atom is 0.0382 e. The molecular weight excluding hydrogens is 186 g/mol. The lowest BCUT2D eigenvalue weighted by Crippen LogP contribution is -2.30. The first kappa shape index (κ1) is 12.3. The summed E-state index contributed by atoms with van der Waals surface area (Å²) in [6, 6.07) is 4.18. The molecule has 0 bridgehead atoms. The molecule has 0 saturated carbocycles. The molecule has 0 amide bonds. The molecule has 0 aromatic carbocycles. The highest BCUT2D eigenvalue weighted by Crippen LogP contribution is 2.06. The summed E-state index contributed by atoms with van der Waals surface area (Å²) < 4.78 is 0. The highest BCUT2D eigenvalue weighted by atomic mass is 15.1. The van der Waals surface area contributed by atoms with E-state index in [-0.39, 0.29) is 0 Å². The van der Waals surface area contributed by atoms with Gasteiger partial charge in [0.15, 0.2) is 0 Å². The molecule has 0 aliphatic heterocycles. The molecule has 1 aromatic rings. The van der Waals surface area contributed by atoms with E-state index in [1.54, 1.807) is 0 Å². The first-order chi connectivity index (χ1) is 7.26. The number of H-pyrrole nitrogens is 1. The highest BCUT2D eigenvalue weighted by Gasteiger charge is 2.09. The standard InChI is InChI=1S/C12H23N3/c1-4-11(8-13-2)9-15(3)10-12-6-5-7-14-12/h5-7,11,13-14H,4,8-10H2,1-3H3. The molecule has 1 rings (SSSR count). The van der Waals surface area contributed by atoms with E-state index in [9.17, 15) is 0 Å². The topological polar surface area (TPSA) is 31.1 Å². The number of aromatic amines is 1. The van der Waals surface area contributed by atoms with E-state index < -0.39 is 0 Å². The fraction of sp³-hybridized carbons (Fsp3) is 0.667. The van der Waals surface area contributed by atoms with Crippen LogP contribution in [0.1, 0.15) is 19.0 Å². The zero-order valence-corrected chi connectivity index (χ0v) is 10.1. The van der Waals surface area contributed by atoms with E-state index >= 15 is 0 Å². The van der Waals surface area contributed by atoms with Crippen LogP contribution in [0.3, 0.4) is 0 Å². The normalized spacial score (nSPS) is 13.3. The van der Waals surface area contributed by atoms with Crippen molar-refractivity contribution in [2.45, 2.75) is 19.9 Å². The third-order valence-corrected chi connectivity index (χ3v) is 2.74. The van der Waals surface area contributed by atoms with Crippen LogP contribution in [0.25, 0.3) is 0 Å². The Labute approximate surface area is 92.9 Å². The minimum absolute atomic E-state index is 0.745. The van der Waals surface area contributed by atoms with Gasteiger partial charge in [0.2, 0.25) is 0 Å². The van der Waals surface area contributed by atoms with Gasteiger partial charge in [-0.25, -0.2) is 0 Å². The van der Waals surface area contributed by atoms with Crippen molar-refractivity contribution < 1.29 is 0 Å². The second-order valence-electron chi connectivity index (χ2n) is 4.22. The quantitative estimate of drug-likeness (QED) is 0.716. The summed E-state index contributed by atoms with van der Waals surface area (Å²) in [5.74, 6) is 0.745. The third kappa shape index (κ3) is 4.49. The molecule has 2 N–H and O–H groups in total. The van der Waals surface area contributed by atoms with Crippen molar-refractivity contribution in [3.63, 3.8) is 0 Å². The molecule has 1 heterocycles. The van der Waals surface area contributed by atoms with Crippen molar-refractivity contribution in [1.29, 1.82) is 0 Å². The summed E-state index contributed by atoms with van der Waals surface area (Å²) >= 11 is 0. The summed E-state index contributed by atoms with van der Waals surface area (Å²) in [5.41, 5.74) is 1.29. The van der Waals surface area contributed by atoms with Gasteiger partial charge < -0.3 is 15.2 Å². The molecule has 1 atom stereocenters. The van der Waals surface area contributed by atoms with Crippen LogP contribution in [0.4, 0.5) is 0 Å². The molecule has 1 unspecified atom stereocenters. The molecule has 0 spiro atoms. The van der Waals surface area contributed by atoms with Gasteiger partial charge in [-0.1, -0.05) is 13.3 Å². The van der Waals surface area contributed by atoms with Crippen LogP contribution in [0.5, 0.6) is 0 Å². The van der Waals surface area contributed by atoms with Crippen molar-refractivity contribution in [3.8, 4) is 0 Å². The Bertz CT molecular complexity index is 243. The molecule has 3 heteroatoms. The number of hydrogen-bond acceptors (Lipinski definition) is 2. The Hall–Kier alpha value is -0.800. The Kier molecular flexibility index (Phi) is 5.43. The van der Waals surface area contributed by atoms with Crippen molar-refractivity contribution >= 4 is 0 Å². The van der Waals surface area contributed by atoms with Crippen molar-refractivity contribution in [2.24, 2.45) is 5.92 Å². The Morgan fingerprint density at radius 2 is 2.33 bits per heavy atom. The van der Waals surface area contributed by atoms with E-state index in [1.807, 2.05) is 19.3 Å². The van der Waals surface area contributed by atoms with Gasteiger partial charge in [-0.3, -0.25) is 0 Å². The molecule has 0 saturated heterocycles. The molecule has 0 aliphatic rings. The number of rotatable bonds is 7. The summed E-state index contributed by atoms with van der Waals surface area (Å²) in [5, 5.41) is 3.25. The highest BCUT2D eigenvalue weighted by molar-refractivity contribution is 5.03. The Morgan fingerprint density at radius 3 is 2.87 bits per heavy atom. The van der Waals surface area contributed by atoms with Gasteiger partial charge in [0.1, 0.15) is 0 Å². The average Bonchev–Trinajstić information content (AvgIpc) is 2.69. The van der Waals surface area contributed by atoms with Crippen LogP contribution in [0, 0.1) is 5.92 Å². The smallest absolute Gasteiger partial charge is 0.0382 e. The molecule has 86 valence electrons. The van der Waals surface area contributed by atoms with Crippen molar-refractivity contribution in [3.05, 3.63) is 24.0 Å². The fourth-order valence-electron chi connectivity index (χ4n) is 1.89. The molecule has 0 aliphatic carbocycles. The van der Waals surface area contributed by atoms with Gasteiger partial charge in [0.25, 0.3) is 0 Å². The van der Waals surface area contributed by atoms with Crippen LogP contribution >= 0.6 is 0 Å². The fourth-order valence-corrected chi connectivity index (χ4v) is 1.89. The summed E-state index contributed by atoms with van der Waals surface area (Å²) in [4.78, 5) is 5.61. The number of hydrogen-bond donors (Lipinski definition) is 2.